The molecule has 20 heavy (non-hydrogen) atoms. The van der Waals surface area contributed by atoms with Crippen LogP contribution in [0.2, 0.25) is 0 Å². The van der Waals surface area contributed by atoms with E-state index in [1.807, 2.05) is 25.1 Å². The Kier molecular flexibility index (Phi) is 7.20. The predicted octanol–water partition coefficient (Wildman–Crippen LogP) is 2.94. The molecule has 1 aromatic rings. The zero-order chi connectivity index (χ0) is 15.0. The molecule has 0 heterocycles. The maximum atomic E-state index is 10.5. The Bertz CT molecular complexity index is 394. The molecule has 1 rings (SSSR count). The minimum absolute atomic E-state index is 0.484. The van der Waals surface area contributed by atoms with Gasteiger partial charge in [0.15, 0.2) is 0 Å². The minimum atomic E-state index is -0.555. The van der Waals surface area contributed by atoms with Crippen LogP contribution in [-0.2, 0) is 6.42 Å². The SMILES string of the molecule is CCCC(O)(CC)CCc1cccc([C@H](O)CCN)c1. The van der Waals surface area contributed by atoms with Gasteiger partial charge in [0.05, 0.1) is 11.7 Å². The summed E-state index contributed by atoms with van der Waals surface area (Å²) in [4.78, 5) is 0. The molecule has 0 saturated heterocycles. The second-order valence-electron chi connectivity index (χ2n) is 5.67. The molecule has 3 nitrogen and oxygen atoms in total. The van der Waals surface area contributed by atoms with Crippen molar-refractivity contribution in [3.05, 3.63) is 35.4 Å². The van der Waals surface area contributed by atoms with Gasteiger partial charge in [-0.1, -0.05) is 44.5 Å². The van der Waals surface area contributed by atoms with Crippen molar-refractivity contribution in [1.82, 2.24) is 0 Å². The van der Waals surface area contributed by atoms with Gasteiger partial charge in [-0.2, -0.15) is 0 Å². The standard InChI is InChI=1S/C17H29NO2/c1-3-10-17(20,4-2)11-8-14-6-5-7-15(13-14)16(19)9-12-18/h5-7,13,16,19-20H,3-4,8-12,18H2,1-2H3/t16-,17?/m1/s1. The molecule has 2 atom stereocenters. The lowest BCUT2D eigenvalue weighted by Crippen LogP contribution is -2.28. The lowest BCUT2D eigenvalue weighted by atomic mass is 9.88. The van der Waals surface area contributed by atoms with Gasteiger partial charge in [0.1, 0.15) is 0 Å². The number of hydrogen-bond acceptors (Lipinski definition) is 3. The highest BCUT2D eigenvalue weighted by molar-refractivity contribution is 5.25. The van der Waals surface area contributed by atoms with Crippen LogP contribution in [0.3, 0.4) is 0 Å². The zero-order valence-electron chi connectivity index (χ0n) is 12.8. The van der Waals surface area contributed by atoms with E-state index in [-0.39, 0.29) is 0 Å². The maximum absolute atomic E-state index is 10.5. The molecule has 0 aliphatic carbocycles. The van der Waals surface area contributed by atoms with E-state index in [0.29, 0.717) is 13.0 Å². The Morgan fingerprint density at radius 3 is 2.60 bits per heavy atom. The quantitative estimate of drug-likeness (QED) is 0.651. The fourth-order valence-electron chi connectivity index (χ4n) is 2.60. The van der Waals surface area contributed by atoms with Crippen LogP contribution in [0, 0.1) is 0 Å². The van der Waals surface area contributed by atoms with E-state index in [0.717, 1.165) is 37.7 Å². The Morgan fingerprint density at radius 2 is 2.00 bits per heavy atom. The molecule has 0 bridgehead atoms. The van der Waals surface area contributed by atoms with Crippen molar-refractivity contribution < 1.29 is 10.2 Å². The van der Waals surface area contributed by atoms with Crippen LogP contribution in [0.4, 0.5) is 0 Å². The fourth-order valence-corrected chi connectivity index (χ4v) is 2.60. The van der Waals surface area contributed by atoms with E-state index >= 15 is 0 Å². The van der Waals surface area contributed by atoms with Crippen molar-refractivity contribution in [3.63, 3.8) is 0 Å². The molecule has 0 radical (unpaired) electrons. The third-order valence-electron chi connectivity index (χ3n) is 4.03. The number of nitrogens with two attached hydrogens (primary N) is 1. The summed E-state index contributed by atoms with van der Waals surface area (Å²) in [5.41, 5.74) is 7.01. The largest absolute Gasteiger partial charge is 0.390 e. The van der Waals surface area contributed by atoms with Crippen LogP contribution in [0.5, 0.6) is 0 Å². The first-order valence-corrected chi connectivity index (χ1v) is 7.74. The van der Waals surface area contributed by atoms with E-state index in [1.54, 1.807) is 0 Å². The summed E-state index contributed by atoms with van der Waals surface area (Å²) in [7, 11) is 0. The monoisotopic (exact) mass is 279 g/mol. The number of aliphatic hydroxyl groups excluding tert-OH is 1. The number of aliphatic hydroxyl groups is 2. The molecule has 3 heteroatoms. The van der Waals surface area contributed by atoms with Gasteiger partial charge in [0, 0.05) is 0 Å². The molecule has 0 amide bonds. The van der Waals surface area contributed by atoms with Gasteiger partial charge in [-0.05, 0) is 49.8 Å². The predicted molar refractivity (Wildman–Crippen MR) is 83.5 cm³/mol. The molecule has 0 aliphatic heterocycles. The van der Waals surface area contributed by atoms with Crippen LogP contribution < -0.4 is 5.73 Å². The minimum Gasteiger partial charge on any atom is -0.390 e. The summed E-state index contributed by atoms with van der Waals surface area (Å²) in [6.45, 7) is 4.62. The number of aryl methyl sites for hydroxylation is 1. The Morgan fingerprint density at radius 1 is 1.25 bits per heavy atom. The van der Waals surface area contributed by atoms with Crippen LogP contribution in [0.25, 0.3) is 0 Å². The number of benzene rings is 1. The average molecular weight is 279 g/mol. The Labute approximate surface area is 122 Å². The lowest BCUT2D eigenvalue weighted by Gasteiger charge is -2.26. The Balaban J connectivity index is 2.66. The van der Waals surface area contributed by atoms with Crippen molar-refractivity contribution in [2.24, 2.45) is 5.73 Å². The molecule has 0 aliphatic rings. The maximum Gasteiger partial charge on any atom is 0.0802 e. The first-order valence-electron chi connectivity index (χ1n) is 7.74. The van der Waals surface area contributed by atoms with Gasteiger partial charge >= 0.3 is 0 Å². The smallest absolute Gasteiger partial charge is 0.0802 e. The van der Waals surface area contributed by atoms with Crippen LogP contribution in [0.15, 0.2) is 24.3 Å². The van der Waals surface area contributed by atoms with Crippen LogP contribution in [0.1, 0.15) is 63.2 Å². The summed E-state index contributed by atoms with van der Waals surface area (Å²) in [5.74, 6) is 0. The molecule has 1 unspecified atom stereocenters. The second-order valence-corrected chi connectivity index (χ2v) is 5.67. The molecule has 0 fully saturated rings. The van der Waals surface area contributed by atoms with Crippen LogP contribution >= 0.6 is 0 Å². The van der Waals surface area contributed by atoms with Gasteiger partial charge in [0.2, 0.25) is 0 Å². The highest BCUT2D eigenvalue weighted by atomic mass is 16.3. The topological polar surface area (TPSA) is 66.5 Å². The summed E-state index contributed by atoms with van der Waals surface area (Å²) in [6.07, 6.45) is 4.34. The van der Waals surface area contributed by atoms with Crippen molar-refractivity contribution in [2.75, 3.05) is 6.54 Å². The fraction of sp³-hybridized carbons (Fsp3) is 0.647. The second kappa shape index (κ2) is 8.40. The molecule has 0 saturated carbocycles. The van der Waals surface area contributed by atoms with Crippen LogP contribution in [-0.4, -0.2) is 22.4 Å². The molecular weight excluding hydrogens is 250 g/mol. The molecule has 114 valence electrons. The first kappa shape index (κ1) is 17.2. The molecule has 0 spiro atoms. The summed E-state index contributed by atoms with van der Waals surface area (Å²) in [5, 5.41) is 20.5. The van der Waals surface area contributed by atoms with Crippen molar-refractivity contribution in [2.45, 2.75) is 64.1 Å². The van der Waals surface area contributed by atoms with E-state index < -0.39 is 11.7 Å². The van der Waals surface area contributed by atoms with E-state index in [9.17, 15) is 10.2 Å². The summed E-state index contributed by atoms with van der Waals surface area (Å²) in [6, 6.07) is 7.99. The van der Waals surface area contributed by atoms with Gasteiger partial charge < -0.3 is 15.9 Å². The van der Waals surface area contributed by atoms with E-state index in [2.05, 4.69) is 13.0 Å². The van der Waals surface area contributed by atoms with Gasteiger partial charge in [-0.25, -0.2) is 0 Å². The van der Waals surface area contributed by atoms with Crippen molar-refractivity contribution in [3.8, 4) is 0 Å². The molecular formula is C17H29NO2. The normalized spacial score (nSPS) is 15.8. The van der Waals surface area contributed by atoms with Gasteiger partial charge in [-0.3, -0.25) is 0 Å². The average Bonchev–Trinajstić information content (AvgIpc) is 2.46. The van der Waals surface area contributed by atoms with Gasteiger partial charge in [0.25, 0.3) is 0 Å². The highest BCUT2D eigenvalue weighted by Crippen LogP contribution is 2.25. The summed E-state index contributed by atoms with van der Waals surface area (Å²) < 4.78 is 0. The molecule has 4 N–H and O–H groups in total. The number of rotatable bonds is 9. The zero-order valence-corrected chi connectivity index (χ0v) is 12.8. The third kappa shape index (κ3) is 5.23. The summed E-state index contributed by atoms with van der Waals surface area (Å²) >= 11 is 0. The highest BCUT2D eigenvalue weighted by Gasteiger charge is 2.23. The van der Waals surface area contributed by atoms with E-state index in [1.165, 1.54) is 5.56 Å². The molecule has 0 aromatic heterocycles. The number of hydrogen-bond donors (Lipinski definition) is 3. The third-order valence-corrected chi connectivity index (χ3v) is 4.03. The van der Waals surface area contributed by atoms with Crippen molar-refractivity contribution in [1.29, 1.82) is 0 Å². The lowest BCUT2D eigenvalue weighted by molar-refractivity contribution is 0.0185. The van der Waals surface area contributed by atoms with Gasteiger partial charge in [-0.15, -0.1) is 0 Å². The molecule has 1 aromatic carbocycles. The Hall–Kier alpha value is -0.900. The van der Waals surface area contributed by atoms with E-state index in [4.69, 9.17) is 5.73 Å². The first-order chi connectivity index (χ1) is 9.54. The van der Waals surface area contributed by atoms with Crippen molar-refractivity contribution >= 4 is 0 Å².